The number of carbonyl (C=O) groups is 2. The summed E-state index contributed by atoms with van der Waals surface area (Å²) in [5, 5.41) is 5.30. The summed E-state index contributed by atoms with van der Waals surface area (Å²) < 4.78 is 46.7. The fraction of sp³-hybridized carbons (Fsp3) is 0.300. The average molecular weight is 468 g/mol. The van der Waals surface area contributed by atoms with E-state index in [0.29, 0.717) is 18.6 Å². The first-order chi connectivity index (χ1) is 14.7. The third-order valence-corrected chi connectivity index (χ3v) is 7.26. The number of piperidine rings is 1. The summed E-state index contributed by atoms with van der Waals surface area (Å²) >= 11 is 5.72. The molecule has 31 heavy (non-hydrogen) atoms. The van der Waals surface area contributed by atoms with Gasteiger partial charge in [-0.1, -0.05) is 11.6 Å². The number of halogens is 2. The largest absolute Gasteiger partial charge is 0.482 e. The first-order valence-corrected chi connectivity index (χ1v) is 11.4. The Morgan fingerprint density at radius 2 is 2.06 bits per heavy atom. The minimum atomic E-state index is -3.91. The molecule has 0 aliphatic carbocycles. The Morgan fingerprint density at radius 1 is 1.26 bits per heavy atom. The van der Waals surface area contributed by atoms with Crippen LogP contribution in [0.15, 0.2) is 41.3 Å². The van der Waals surface area contributed by atoms with Gasteiger partial charge >= 0.3 is 0 Å². The zero-order valence-corrected chi connectivity index (χ0v) is 17.8. The molecule has 2 heterocycles. The predicted molar refractivity (Wildman–Crippen MR) is 112 cm³/mol. The molecule has 1 atom stereocenters. The smallest absolute Gasteiger partial charge is 0.262 e. The Morgan fingerprint density at radius 3 is 2.84 bits per heavy atom. The van der Waals surface area contributed by atoms with Gasteiger partial charge in [-0.2, -0.15) is 4.31 Å². The minimum Gasteiger partial charge on any atom is -0.482 e. The highest BCUT2D eigenvalue weighted by atomic mass is 35.5. The lowest BCUT2D eigenvalue weighted by molar-refractivity contribution is -0.121. The molecule has 2 aliphatic heterocycles. The molecule has 0 saturated carbocycles. The van der Waals surface area contributed by atoms with E-state index in [-0.39, 0.29) is 46.9 Å². The van der Waals surface area contributed by atoms with Crippen LogP contribution in [-0.2, 0) is 19.6 Å². The third-order valence-electron chi connectivity index (χ3n) is 5.17. The van der Waals surface area contributed by atoms with Crippen LogP contribution in [-0.4, -0.2) is 44.2 Å². The van der Waals surface area contributed by atoms with Crippen LogP contribution < -0.4 is 15.4 Å². The highest BCUT2D eigenvalue weighted by Gasteiger charge is 2.34. The van der Waals surface area contributed by atoms with Crippen molar-refractivity contribution in [2.75, 3.05) is 30.3 Å². The van der Waals surface area contributed by atoms with Crippen molar-refractivity contribution in [3.8, 4) is 5.75 Å². The number of nitrogens with zero attached hydrogens (tertiary/aromatic N) is 1. The first-order valence-electron chi connectivity index (χ1n) is 9.57. The quantitative estimate of drug-likeness (QED) is 0.719. The van der Waals surface area contributed by atoms with Crippen molar-refractivity contribution in [1.82, 2.24) is 4.31 Å². The second kappa shape index (κ2) is 8.45. The molecule has 164 valence electrons. The summed E-state index contributed by atoms with van der Waals surface area (Å²) in [6.45, 7) is 0.0842. The summed E-state index contributed by atoms with van der Waals surface area (Å²) in [6.07, 6.45) is 0.951. The van der Waals surface area contributed by atoms with Crippen LogP contribution in [0, 0.1) is 11.7 Å². The molecule has 1 fully saturated rings. The van der Waals surface area contributed by atoms with Gasteiger partial charge in [-0.3, -0.25) is 9.59 Å². The van der Waals surface area contributed by atoms with Crippen molar-refractivity contribution >= 4 is 44.8 Å². The van der Waals surface area contributed by atoms with Crippen LogP contribution in [0.2, 0.25) is 5.02 Å². The molecule has 2 N–H and O–H groups in total. The van der Waals surface area contributed by atoms with E-state index in [1.54, 1.807) is 0 Å². The molecule has 2 aromatic rings. The van der Waals surface area contributed by atoms with Crippen LogP contribution in [0.25, 0.3) is 0 Å². The van der Waals surface area contributed by atoms with Gasteiger partial charge in [-0.05, 0) is 49.2 Å². The Kier molecular flexibility index (Phi) is 5.87. The van der Waals surface area contributed by atoms with E-state index in [4.69, 9.17) is 16.3 Å². The normalized spacial score (nSPS) is 19.2. The van der Waals surface area contributed by atoms with E-state index in [1.165, 1.54) is 34.6 Å². The fourth-order valence-corrected chi connectivity index (χ4v) is 5.28. The second-order valence-electron chi connectivity index (χ2n) is 7.31. The molecule has 0 bridgehead atoms. The molecule has 2 aromatic carbocycles. The molecular formula is C20H19ClFN3O5S. The maximum Gasteiger partial charge on any atom is 0.262 e. The van der Waals surface area contributed by atoms with Gasteiger partial charge in [-0.25, -0.2) is 12.8 Å². The predicted octanol–water partition coefficient (Wildman–Crippen LogP) is 2.85. The maximum atomic E-state index is 14.0. The Labute approximate surface area is 183 Å². The van der Waals surface area contributed by atoms with Gasteiger partial charge in [0.15, 0.2) is 6.61 Å². The van der Waals surface area contributed by atoms with Crippen LogP contribution >= 0.6 is 11.6 Å². The Hall–Kier alpha value is -2.69. The summed E-state index contributed by atoms with van der Waals surface area (Å²) in [5.41, 5.74) is 0.265. The lowest BCUT2D eigenvalue weighted by atomic mass is 9.98. The lowest BCUT2D eigenvalue weighted by Gasteiger charge is -2.31. The van der Waals surface area contributed by atoms with Crippen LogP contribution in [0.5, 0.6) is 5.75 Å². The van der Waals surface area contributed by atoms with E-state index in [2.05, 4.69) is 10.6 Å². The van der Waals surface area contributed by atoms with Gasteiger partial charge in [0.2, 0.25) is 15.9 Å². The molecule has 1 saturated heterocycles. The van der Waals surface area contributed by atoms with E-state index in [0.717, 1.165) is 6.07 Å². The highest BCUT2D eigenvalue weighted by Crippen LogP contribution is 2.32. The molecule has 8 nitrogen and oxygen atoms in total. The number of carbonyl (C=O) groups excluding carboxylic acids is 2. The fourth-order valence-electron chi connectivity index (χ4n) is 3.57. The second-order valence-corrected chi connectivity index (χ2v) is 9.68. The number of sulfonamides is 1. The van der Waals surface area contributed by atoms with Crippen molar-refractivity contribution in [2.45, 2.75) is 17.7 Å². The van der Waals surface area contributed by atoms with Crippen molar-refractivity contribution in [3.63, 3.8) is 0 Å². The Bertz CT molecular complexity index is 1160. The average Bonchev–Trinajstić information content (AvgIpc) is 2.75. The van der Waals surface area contributed by atoms with Gasteiger partial charge in [0.05, 0.1) is 22.2 Å². The van der Waals surface area contributed by atoms with E-state index >= 15 is 0 Å². The summed E-state index contributed by atoms with van der Waals surface area (Å²) in [6, 6.07) is 8.13. The zero-order chi connectivity index (χ0) is 22.2. The molecular weight excluding hydrogens is 449 g/mol. The van der Waals surface area contributed by atoms with Gasteiger partial charge in [0.25, 0.3) is 5.91 Å². The van der Waals surface area contributed by atoms with Crippen molar-refractivity contribution < 1.29 is 27.1 Å². The van der Waals surface area contributed by atoms with Gasteiger partial charge in [0.1, 0.15) is 11.6 Å². The number of anilines is 2. The number of hydrogen-bond donors (Lipinski definition) is 2. The van der Waals surface area contributed by atoms with Crippen molar-refractivity contribution in [2.24, 2.45) is 5.92 Å². The van der Waals surface area contributed by atoms with Gasteiger partial charge < -0.3 is 15.4 Å². The number of fused-ring (bicyclic) bond motifs is 1. The molecule has 0 aromatic heterocycles. The number of amides is 2. The molecule has 4 rings (SSSR count). The minimum absolute atomic E-state index is 0.0122. The number of rotatable bonds is 4. The Balaban J connectivity index is 1.50. The van der Waals surface area contributed by atoms with Crippen molar-refractivity contribution in [1.29, 1.82) is 0 Å². The standard InChI is InChI=1S/C20H19ClFN3O5S/c21-13-3-5-16(15(22)8-13)24-20(27)12-2-1-7-25(10-12)31(28,29)14-4-6-18-17(9-14)23-19(26)11-30-18/h3-6,8-9,12H,1-2,7,10-11H2,(H,23,26)(H,24,27). The van der Waals surface area contributed by atoms with E-state index < -0.39 is 27.7 Å². The molecule has 0 spiro atoms. The van der Waals surface area contributed by atoms with Crippen LogP contribution in [0.4, 0.5) is 15.8 Å². The SMILES string of the molecule is O=C1COc2ccc(S(=O)(=O)N3CCCC(C(=O)Nc4ccc(Cl)cc4F)C3)cc2N1. The molecule has 11 heteroatoms. The van der Waals surface area contributed by atoms with Crippen molar-refractivity contribution in [3.05, 3.63) is 47.2 Å². The maximum absolute atomic E-state index is 14.0. The summed E-state index contributed by atoms with van der Waals surface area (Å²) in [7, 11) is -3.91. The molecule has 0 radical (unpaired) electrons. The van der Waals surface area contributed by atoms with Gasteiger partial charge in [0, 0.05) is 18.1 Å². The monoisotopic (exact) mass is 467 g/mol. The molecule has 2 aliphatic rings. The molecule has 1 unspecified atom stereocenters. The van der Waals surface area contributed by atoms with Gasteiger partial charge in [-0.15, -0.1) is 0 Å². The number of ether oxygens (including phenoxy) is 1. The van der Waals surface area contributed by atoms with E-state index in [9.17, 15) is 22.4 Å². The number of hydrogen-bond acceptors (Lipinski definition) is 5. The first kappa shape index (κ1) is 21.5. The third kappa shape index (κ3) is 4.51. The lowest BCUT2D eigenvalue weighted by Crippen LogP contribution is -2.43. The summed E-state index contributed by atoms with van der Waals surface area (Å²) in [5.74, 6) is -1.75. The molecule has 2 amide bonds. The zero-order valence-electron chi connectivity index (χ0n) is 16.2. The van der Waals surface area contributed by atoms with Crippen LogP contribution in [0.1, 0.15) is 12.8 Å². The van der Waals surface area contributed by atoms with E-state index in [1.807, 2.05) is 0 Å². The number of nitrogens with one attached hydrogen (secondary N) is 2. The topological polar surface area (TPSA) is 105 Å². The van der Waals surface area contributed by atoms with Crippen LogP contribution in [0.3, 0.4) is 0 Å². The number of benzene rings is 2. The summed E-state index contributed by atoms with van der Waals surface area (Å²) in [4.78, 5) is 24.2. The highest BCUT2D eigenvalue weighted by molar-refractivity contribution is 7.89.